The molecule has 0 N–H and O–H groups in total. The van der Waals surface area contributed by atoms with E-state index in [0.717, 1.165) is 24.5 Å². The Kier molecular flexibility index (Phi) is 5.25. The number of likely N-dealkylation sites (tertiary alicyclic amines) is 1. The van der Waals surface area contributed by atoms with E-state index in [1.807, 2.05) is 0 Å². The van der Waals surface area contributed by atoms with Crippen LogP contribution in [0.15, 0.2) is 29.3 Å². The number of hydrogen-bond donors (Lipinski definition) is 0. The number of benzene rings is 1. The molecule has 2 fully saturated rings. The molecule has 2 atom stereocenters. The Hall–Kier alpha value is -2.54. The van der Waals surface area contributed by atoms with Gasteiger partial charge in [-0.15, -0.1) is 0 Å². The molecule has 0 aromatic heterocycles. The minimum Gasteiger partial charge on any atom is -0.292 e. The second kappa shape index (κ2) is 7.71. The summed E-state index contributed by atoms with van der Waals surface area (Å²) in [7, 11) is 3.25. The van der Waals surface area contributed by atoms with Crippen molar-refractivity contribution in [2.75, 3.05) is 33.7 Å². The van der Waals surface area contributed by atoms with Gasteiger partial charge in [-0.05, 0) is 42.8 Å². The minimum absolute atomic E-state index is 0.207. The van der Waals surface area contributed by atoms with E-state index in [4.69, 9.17) is 4.99 Å². The van der Waals surface area contributed by atoms with Crippen LogP contribution in [0.25, 0.3) is 0 Å². The first-order chi connectivity index (χ1) is 13.8. The number of aliphatic imine (C=N–C) groups is 1. The van der Waals surface area contributed by atoms with Gasteiger partial charge in [0.05, 0.1) is 0 Å². The van der Waals surface area contributed by atoms with Crippen molar-refractivity contribution in [2.45, 2.75) is 39.3 Å². The number of hydrogen-bond acceptors (Lipinski definition) is 4. The predicted octanol–water partition coefficient (Wildman–Crippen LogP) is 1.94. The Balaban J connectivity index is 1.69. The number of aryl methyl sites for hydroxylation is 1. The van der Waals surface area contributed by atoms with Crippen molar-refractivity contribution in [2.24, 2.45) is 10.9 Å². The smallest absolute Gasteiger partial charge is 0.292 e. The van der Waals surface area contributed by atoms with Crippen molar-refractivity contribution in [1.82, 2.24) is 14.7 Å². The molecular weight excluding hydrogens is 366 g/mol. The van der Waals surface area contributed by atoms with Crippen LogP contribution in [0.3, 0.4) is 0 Å². The maximum atomic E-state index is 13.0. The number of imide groups is 1. The molecular formula is C22H30N5O2+. The van der Waals surface area contributed by atoms with Gasteiger partial charge in [0.1, 0.15) is 13.1 Å². The van der Waals surface area contributed by atoms with Crippen molar-refractivity contribution < 1.29 is 14.2 Å². The lowest BCUT2D eigenvalue weighted by Gasteiger charge is -2.31. The Morgan fingerprint density at radius 1 is 1.14 bits per heavy atom. The van der Waals surface area contributed by atoms with E-state index in [2.05, 4.69) is 47.6 Å². The van der Waals surface area contributed by atoms with Gasteiger partial charge in [0, 0.05) is 20.6 Å². The molecule has 1 aromatic carbocycles. The molecule has 1 aromatic rings. The molecule has 2 saturated heterocycles. The molecule has 154 valence electrons. The topological polar surface area (TPSA) is 59.2 Å². The molecule has 7 nitrogen and oxygen atoms in total. The molecule has 0 aliphatic carbocycles. The normalized spacial score (nSPS) is 25.6. The number of carbonyl (C=O) groups excluding carboxylic acids is 2. The van der Waals surface area contributed by atoms with Crippen molar-refractivity contribution in [3.63, 3.8) is 0 Å². The molecule has 3 heterocycles. The SMILES string of the molecule is Cc1ccc(C[N+]2=C(CN3CCCC(C)C3)N=C3C2C(=O)N(C)C(=O)N3C)cc1. The fourth-order valence-electron chi connectivity index (χ4n) is 4.48. The van der Waals surface area contributed by atoms with Gasteiger partial charge in [0.25, 0.3) is 17.8 Å². The van der Waals surface area contributed by atoms with Gasteiger partial charge < -0.3 is 0 Å². The summed E-state index contributed by atoms with van der Waals surface area (Å²) in [4.78, 5) is 35.4. The molecule has 7 heteroatoms. The highest BCUT2D eigenvalue weighted by Gasteiger charge is 2.53. The average molecular weight is 397 g/mol. The fraction of sp³-hybridized carbons (Fsp3) is 0.545. The average Bonchev–Trinajstić information content (AvgIpc) is 3.04. The molecule has 2 unspecified atom stereocenters. The van der Waals surface area contributed by atoms with Crippen LogP contribution in [0.4, 0.5) is 4.79 Å². The van der Waals surface area contributed by atoms with E-state index in [1.165, 1.54) is 28.2 Å². The van der Waals surface area contributed by atoms with E-state index in [1.54, 1.807) is 14.1 Å². The van der Waals surface area contributed by atoms with E-state index < -0.39 is 6.04 Å². The first kappa shape index (κ1) is 19.8. The number of amides is 3. The summed E-state index contributed by atoms with van der Waals surface area (Å²) >= 11 is 0. The van der Waals surface area contributed by atoms with Crippen molar-refractivity contribution >= 4 is 23.6 Å². The lowest BCUT2D eigenvalue weighted by Crippen LogP contribution is -2.61. The second-order valence-electron chi connectivity index (χ2n) is 8.62. The first-order valence-corrected chi connectivity index (χ1v) is 10.4. The molecule has 0 spiro atoms. The second-order valence-corrected chi connectivity index (χ2v) is 8.62. The van der Waals surface area contributed by atoms with E-state index in [9.17, 15) is 9.59 Å². The van der Waals surface area contributed by atoms with Crippen LogP contribution in [0, 0.1) is 12.8 Å². The van der Waals surface area contributed by atoms with Crippen molar-refractivity contribution in [1.29, 1.82) is 0 Å². The highest BCUT2D eigenvalue weighted by molar-refractivity contribution is 6.23. The van der Waals surface area contributed by atoms with Crippen LogP contribution in [0.1, 0.15) is 30.9 Å². The van der Waals surface area contributed by atoms with Crippen LogP contribution in [-0.2, 0) is 11.3 Å². The third kappa shape index (κ3) is 3.71. The summed E-state index contributed by atoms with van der Waals surface area (Å²) in [5.74, 6) is 1.89. The van der Waals surface area contributed by atoms with Gasteiger partial charge in [0.2, 0.25) is 0 Å². The molecule has 3 aliphatic rings. The number of fused-ring (bicyclic) bond motifs is 1. The monoisotopic (exact) mass is 396 g/mol. The van der Waals surface area contributed by atoms with E-state index in [-0.39, 0.29) is 11.9 Å². The molecule has 0 radical (unpaired) electrons. The van der Waals surface area contributed by atoms with Gasteiger partial charge in [-0.25, -0.2) is 9.37 Å². The quantitative estimate of drug-likeness (QED) is 0.731. The number of likely N-dealkylation sites (N-methyl/N-ethyl adjacent to an activating group) is 2. The largest absolute Gasteiger partial charge is 0.333 e. The third-order valence-electron chi connectivity index (χ3n) is 6.19. The molecule has 0 saturated carbocycles. The number of urea groups is 1. The van der Waals surface area contributed by atoms with Crippen molar-refractivity contribution in [3.05, 3.63) is 35.4 Å². The van der Waals surface area contributed by atoms with Crippen LogP contribution >= 0.6 is 0 Å². The predicted molar refractivity (Wildman–Crippen MR) is 112 cm³/mol. The minimum atomic E-state index is -0.541. The number of amidine groups is 2. The lowest BCUT2D eigenvalue weighted by atomic mass is 10.0. The molecule has 3 amide bonds. The number of piperidine rings is 1. The molecule has 29 heavy (non-hydrogen) atoms. The first-order valence-electron chi connectivity index (χ1n) is 10.4. The summed E-state index contributed by atoms with van der Waals surface area (Å²) in [6.07, 6.45) is 2.45. The van der Waals surface area contributed by atoms with E-state index in [0.29, 0.717) is 24.8 Å². The fourth-order valence-corrected chi connectivity index (χ4v) is 4.48. The molecule has 3 aliphatic heterocycles. The van der Waals surface area contributed by atoms with Gasteiger partial charge in [-0.3, -0.25) is 19.5 Å². The summed E-state index contributed by atoms with van der Waals surface area (Å²) in [6, 6.07) is 7.50. The van der Waals surface area contributed by atoms with Crippen LogP contribution in [-0.4, -0.2) is 82.7 Å². The summed E-state index contributed by atoms with van der Waals surface area (Å²) in [5.41, 5.74) is 2.34. The maximum Gasteiger partial charge on any atom is 0.333 e. The third-order valence-corrected chi connectivity index (χ3v) is 6.19. The molecule has 4 rings (SSSR count). The van der Waals surface area contributed by atoms with Crippen LogP contribution < -0.4 is 0 Å². The Bertz CT molecular complexity index is 889. The van der Waals surface area contributed by atoms with Gasteiger partial charge in [-0.2, -0.15) is 0 Å². The van der Waals surface area contributed by atoms with Crippen molar-refractivity contribution in [3.8, 4) is 0 Å². The van der Waals surface area contributed by atoms with Crippen LogP contribution in [0.5, 0.6) is 0 Å². The summed E-state index contributed by atoms with van der Waals surface area (Å²) < 4.78 is 2.08. The van der Waals surface area contributed by atoms with Gasteiger partial charge >= 0.3 is 11.9 Å². The standard InChI is InChI=1S/C22H30N5O2/c1-15-7-9-17(10-8-15)13-27-18(14-26-11-5-6-16(2)12-26)23-20-19(27)21(28)25(4)22(29)24(20)3/h7-10,16,19H,5-6,11-14H2,1-4H3/q+1. The Morgan fingerprint density at radius 2 is 1.86 bits per heavy atom. The highest BCUT2D eigenvalue weighted by atomic mass is 16.2. The van der Waals surface area contributed by atoms with Gasteiger partial charge in [-0.1, -0.05) is 36.8 Å². The maximum absolute atomic E-state index is 13.0. The lowest BCUT2D eigenvalue weighted by molar-refractivity contribution is -0.552. The number of nitrogens with zero attached hydrogens (tertiary/aromatic N) is 5. The number of rotatable bonds is 4. The van der Waals surface area contributed by atoms with Gasteiger partial charge in [0.15, 0.2) is 0 Å². The molecule has 0 bridgehead atoms. The highest BCUT2D eigenvalue weighted by Crippen LogP contribution is 2.22. The zero-order valence-electron chi connectivity index (χ0n) is 17.8. The zero-order valence-corrected chi connectivity index (χ0v) is 17.8. The zero-order chi connectivity index (χ0) is 20.7. The summed E-state index contributed by atoms with van der Waals surface area (Å²) in [6.45, 7) is 7.74. The Morgan fingerprint density at radius 3 is 2.55 bits per heavy atom. The number of carbonyl (C=O) groups is 2. The van der Waals surface area contributed by atoms with E-state index >= 15 is 0 Å². The Labute approximate surface area is 172 Å². The van der Waals surface area contributed by atoms with Crippen LogP contribution in [0.2, 0.25) is 0 Å². The summed E-state index contributed by atoms with van der Waals surface area (Å²) in [5, 5.41) is 0.